The van der Waals surface area contributed by atoms with Gasteiger partial charge in [0.05, 0.1) is 23.5 Å². The van der Waals surface area contributed by atoms with Gasteiger partial charge in [-0.2, -0.15) is 5.10 Å². The first kappa shape index (κ1) is 17.2. The number of aromatic nitrogens is 2. The van der Waals surface area contributed by atoms with Gasteiger partial charge in [0.25, 0.3) is 0 Å². The van der Waals surface area contributed by atoms with Crippen LogP contribution in [0.4, 0.5) is 5.69 Å². The molecule has 2 aromatic rings. The number of aliphatic carboxylic acids is 1. The number of nitrogens with one attached hydrogen (secondary N) is 1. The summed E-state index contributed by atoms with van der Waals surface area (Å²) in [7, 11) is 0. The molecule has 2 aromatic heterocycles. The van der Waals surface area contributed by atoms with Crippen molar-refractivity contribution in [1.82, 2.24) is 9.78 Å². The number of hydrogen-bond donors (Lipinski definition) is 2. The molecule has 23 heavy (non-hydrogen) atoms. The first-order chi connectivity index (χ1) is 10.9. The van der Waals surface area contributed by atoms with Crippen molar-refractivity contribution in [3.63, 3.8) is 0 Å². The Kier molecular flexibility index (Phi) is 5.54. The molecule has 0 aliphatic rings. The number of carboxylic acids is 1. The van der Waals surface area contributed by atoms with Crippen molar-refractivity contribution in [2.75, 3.05) is 5.32 Å². The molecule has 0 aromatic carbocycles. The highest BCUT2D eigenvalue weighted by Crippen LogP contribution is 2.28. The maximum atomic E-state index is 12.4. The van der Waals surface area contributed by atoms with E-state index in [1.807, 2.05) is 43.0 Å². The van der Waals surface area contributed by atoms with Gasteiger partial charge in [-0.3, -0.25) is 14.3 Å². The molecule has 1 amide bonds. The van der Waals surface area contributed by atoms with Crippen LogP contribution in [-0.4, -0.2) is 26.8 Å². The molecular formula is C16H21N3O3S. The second kappa shape index (κ2) is 7.41. The molecule has 6 nitrogen and oxygen atoms in total. The molecule has 0 fully saturated rings. The zero-order valence-electron chi connectivity index (χ0n) is 13.5. The van der Waals surface area contributed by atoms with Crippen molar-refractivity contribution in [3.8, 4) is 0 Å². The van der Waals surface area contributed by atoms with Crippen LogP contribution in [0.1, 0.15) is 41.9 Å². The molecule has 2 N–H and O–H groups in total. The lowest BCUT2D eigenvalue weighted by Gasteiger charge is -2.13. The molecule has 0 aliphatic heterocycles. The van der Waals surface area contributed by atoms with Gasteiger partial charge in [0.1, 0.15) is 0 Å². The molecule has 0 aliphatic carbocycles. The molecule has 0 saturated carbocycles. The summed E-state index contributed by atoms with van der Waals surface area (Å²) in [6.07, 6.45) is 0.0864. The van der Waals surface area contributed by atoms with Crippen molar-refractivity contribution in [1.29, 1.82) is 0 Å². The van der Waals surface area contributed by atoms with Crippen LogP contribution in [0.15, 0.2) is 17.5 Å². The van der Waals surface area contributed by atoms with Gasteiger partial charge in [-0.1, -0.05) is 6.07 Å². The minimum Gasteiger partial charge on any atom is -0.481 e. The number of rotatable bonds is 7. The molecule has 124 valence electrons. The number of anilines is 1. The number of nitrogens with zero attached hydrogens (tertiary/aromatic N) is 2. The Hall–Kier alpha value is -2.15. The average Bonchev–Trinajstić information content (AvgIpc) is 3.10. The van der Waals surface area contributed by atoms with E-state index in [0.717, 1.165) is 28.5 Å². The predicted octanol–water partition coefficient (Wildman–Crippen LogP) is 3.17. The summed E-state index contributed by atoms with van der Waals surface area (Å²) in [6.45, 7) is 6.49. The Morgan fingerprint density at radius 1 is 1.39 bits per heavy atom. The quantitative estimate of drug-likeness (QED) is 0.814. The van der Waals surface area contributed by atoms with Crippen LogP contribution >= 0.6 is 11.3 Å². The lowest BCUT2D eigenvalue weighted by Crippen LogP contribution is -2.18. The molecule has 0 radical (unpaired) electrons. The third-order valence-corrected chi connectivity index (χ3v) is 4.78. The monoisotopic (exact) mass is 335 g/mol. The van der Waals surface area contributed by atoms with E-state index in [1.54, 1.807) is 0 Å². The molecule has 0 unspecified atom stereocenters. The fourth-order valence-corrected chi connectivity index (χ4v) is 3.44. The van der Waals surface area contributed by atoms with E-state index in [-0.39, 0.29) is 24.7 Å². The van der Waals surface area contributed by atoms with E-state index in [2.05, 4.69) is 10.4 Å². The van der Waals surface area contributed by atoms with E-state index in [1.165, 1.54) is 11.3 Å². The van der Waals surface area contributed by atoms with Gasteiger partial charge in [0.2, 0.25) is 5.91 Å². The first-order valence-corrected chi connectivity index (χ1v) is 8.39. The largest absolute Gasteiger partial charge is 0.481 e. The van der Waals surface area contributed by atoms with E-state index < -0.39 is 5.97 Å². The summed E-state index contributed by atoms with van der Waals surface area (Å²) < 4.78 is 1.83. The van der Waals surface area contributed by atoms with Crippen molar-refractivity contribution < 1.29 is 14.7 Å². The lowest BCUT2D eigenvalue weighted by atomic mass is 9.99. The van der Waals surface area contributed by atoms with Crippen molar-refractivity contribution in [3.05, 3.63) is 33.8 Å². The smallest absolute Gasteiger partial charge is 0.304 e. The van der Waals surface area contributed by atoms with E-state index >= 15 is 0 Å². The van der Waals surface area contributed by atoms with Gasteiger partial charge in [-0.15, -0.1) is 11.3 Å². The molecule has 0 saturated heterocycles. The van der Waals surface area contributed by atoms with Gasteiger partial charge in [-0.05, 0) is 32.2 Å². The van der Waals surface area contributed by atoms with Gasteiger partial charge in [0.15, 0.2) is 0 Å². The molecular weight excluding hydrogens is 314 g/mol. The Morgan fingerprint density at radius 3 is 2.65 bits per heavy atom. The molecule has 7 heteroatoms. The number of carboxylic acid groups (broad SMARTS) is 1. The van der Waals surface area contributed by atoms with Gasteiger partial charge >= 0.3 is 5.97 Å². The summed E-state index contributed by atoms with van der Waals surface area (Å²) >= 11 is 1.48. The second-order valence-electron chi connectivity index (χ2n) is 5.42. The van der Waals surface area contributed by atoms with Crippen LogP contribution in [0, 0.1) is 13.8 Å². The number of hydrogen-bond acceptors (Lipinski definition) is 4. The summed E-state index contributed by atoms with van der Waals surface area (Å²) in [4.78, 5) is 24.3. The molecule has 2 rings (SSSR count). The van der Waals surface area contributed by atoms with E-state index in [0.29, 0.717) is 0 Å². The highest BCUT2D eigenvalue weighted by molar-refractivity contribution is 7.10. The summed E-state index contributed by atoms with van der Waals surface area (Å²) in [5.41, 5.74) is 2.39. The normalized spacial score (nSPS) is 12.1. The minimum absolute atomic E-state index is 0.0554. The molecule has 0 spiro atoms. The third kappa shape index (κ3) is 4.19. The van der Waals surface area contributed by atoms with Crippen molar-refractivity contribution in [2.24, 2.45) is 0 Å². The number of carbonyl (C=O) groups excluding carboxylic acids is 1. The number of thiophene rings is 1. The highest BCUT2D eigenvalue weighted by atomic mass is 32.1. The zero-order valence-corrected chi connectivity index (χ0v) is 14.3. The molecule has 2 heterocycles. The summed E-state index contributed by atoms with van der Waals surface area (Å²) in [5, 5.41) is 18.2. The zero-order chi connectivity index (χ0) is 17.0. The maximum Gasteiger partial charge on any atom is 0.304 e. The minimum atomic E-state index is -0.901. The number of carbonyl (C=O) groups is 2. The van der Waals surface area contributed by atoms with Crippen molar-refractivity contribution in [2.45, 2.75) is 46.1 Å². The Labute approximate surface area is 139 Å². The summed E-state index contributed by atoms with van der Waals surface area (Å²) in [5.74, 6) is -1.40. The number of aryl methyl sites for hydroxylation is 2. The first-order valence-electron chi connectivity index (χ1n) is 7.51. The van der Waals surface area contributed by atoms with Crippen LogP contribution in [0.5, 0.6) is 0 Å². The topological polar surface area (TPSA) is 84.2 Å². The fraction of sp³-hybridized carbons (Fsp3) is 0.438. The van der Waals surface area contributed by atoms with Crippen LogP contribution in [-0.2, 0) is 16.1 Å². The van der Waals surface area contributed by atoms with Gasteiger partial charge in [-0.25, -0.2) is 0 Å². The van der Waals surface area contributed by atoms with E-state index in [4.69, 9.17) is 5.11 Å². The fourth-order valence-electron chi connectivity index (χ4n) is 2.61. The lowest BCUT2D eigenvalue weighted by molar-refractivity contribution is -0.137. The predicted molar refractivity (Wildman–Crippen MR) is 89.9 cm³/mol. The molecule has 0 bridgehead atoms. The van der Waals surface area contributed by atoms with Crippen LogP contribution in [0.3, 0.4) is 0 Å². The number of amides is 1. The van der Waals surface area contributed by atoms with E-state index in [9.17, 15) is 9.59 Å². The standard InChI is InChI=1S/C16H21N3O3S/c1-4-19-11(3)16(10(2)18-19)17-14(20)8-12(9-15(21)22)13-6-5-7-23-13/h5-7,12H,4,8-9H2,1-3H3,(H,17,20)(H,21,22)/t12-/m0/s1. The Morgan fingerprint density at radius 2 is 2.13 bits per heavy atom. The highest BCUT2D eigenvalue weighted by Gasteiger charge is 2.22. The maximum absolute atomic E-state index is 12.4. The SMILES string of the molecule is CCn1nc(C)c(NC(=O)C[C@@H](CC(=O)O)c2cccs2)c1C. The third-order valence-electron chi connectivity index (χ3n) is 3.74. The van der Waals surface area contributed by atoms with Crippen molar-refractivity contribution >= 4 is 28.9 Å². The second-order valence-corrected chi connectivity index (χ2v) is 6.40. The Bertz CT molecular complexity index is 692. The van der Waals surface area contributed by atoms with Crippen LogP contribution < -0.4 is 5.32 Å². The average molecular weight is 335 g/mol. The molecule has 1 atom stereocenters. The van der Waals surface area contributed by atoms with Crippen LogP contribution in [0.2, 0.25) is 0 Å². The van der Waals surface area contributed by atoms with Gasteiger partial charge in [0, 0.05) is 23.8 Å². The van der Waals surface area contributed by atoms with Crippen LogP contribution in [0.25, 0.3) is 0 Å². The Balaban J connectivity index is 2.11. The van der Waals surface area contributed by atoms with Gasteiger partial charge < -0.3 is 10.4 Å². The summed E-state index contributed by atoms with van der Waals surface area (Å²) in [6, 6.07) is 3.74.